The first-order chi connectivity index (χ1) is 10.0. The van der Waals surface area contributed by atoms with Crippen LogP contribution in [-0.2, 0) is 4.79 Å². The fourth-order valence-electron chi connectivity index (χ4n) is 2.86. The average Bonchev–Trinajstić information content (AvgIpc) is 2.95. The van der Waals surface area contributed by atoms with Crippen LogP contribution >= 0.6 is 11.8 Å². The number of rotatable bonds is 6. The monoisotopic (exact) mass is 307 g/mol. The van der Waals surface area contributed by atoms with Crippen molar-refractivity contribution in [1.29, 1.82) is 0 Å². The number of aliphatic hydroxyl groups excluding tert-OH is 1. The highest BCUT2D eigenvalue weighted by Gasteiger charge is 2.33. The van der Waals surface area contributed by atoms with E-state index in [1.807, 2.05) is 0 Å². The third-order valence-electron chi connectivity index (χ3n) is 4.36. The van der Waals surface area contributed by atoms with Crippen LogP contribution in [0, 0.1) is 19.3 Å². The summed E-state index contributed by atoms with van der Waals surface area (Å²) < 4.78 is 0. The van der Waals surface area contributed by atoms with Crippen LogP contribution < -0.4 is 5.32 Å². The number of aryl methyl sites for hydroxylation is 2. The first kappa shape index (κ1) is 16.4. The molecular formula is C17H25NO2S. The van der Waals surface area contributed by atoms with Gasteiger partial charge >= 0.3 is 0 Å². The Morgan fingerprint density at radius 3 is 2.71 bits per heavy atom. The Kier molecular flexibility index (Phi) is 5.71. The van der Waals surface area contributed by atoms with Gasteiger partial charge < -0.3 is 10.4 Å². The molecule has 0 unspecified atom stereocenters. The van der Waals surface area contributed by atoms with Crippen LogP contribution in [0.2, 0.25) is 0 Å². The lowest BCUT2D eigenvalue weighted by atomic mass is 9.87. The number of thioether (sulfide) groups is 1. The summed E-state index contributed by atoms with van der Waals surface area (Å²) >= 11 is 1.58. The Bertz CT molecular complexity index is 496. The summed E-state index contributed by atoms with van der Waals surface area (Å²) in [5, 5.41) is 12.5. The van der Waals surface area contributed by atoms with Gasteiger partial charge in [0, 0.05) is 16.9 Å². The molecule has 0 bridgehead atoms. The molecule has 4 heteroatoms. The second-order valence-electron chi connectivity index (χ2n) is 6.20. The molecule has 1 aromatic carbocycles. The molecule has 116 valence electrons. The van der Waals surface area contributed by atoms with Crippen molar-refractivity contribution in [3.8, 4) is 0 Å². The molecule has 3 nitrogen and oxygen atoms in total. The maximum absolute atomic E-state index is 12.0. The third kappa shape index (κ3) is 4.48. The zero-order valence-electron chi connectivity index (χ0n) is 12.9. The first-order valence-electron chi connectivity index (χ1n) is 7.62. The van der Waals surface area contributed by atoms with Crippen molar-refractivity contribution in [3.63, 3.8) is 0 Å². The lowest BCUT2D eigenvalue weighted by molar-refractivity contribution is -0.119. The van der Waals surface area contributed by atoms with E-state index < -0.39 is 0 Å². The predicted octanol–water partition coefficient (Wildman–Crippen LogP) is 3.06. The SMILES string of the molecule is Cc1ccc(C)c(SCC(=O)NCC2(CO)CCCC2)c1. The van der Waals surface area contributed by atoms with Crippen molar-refractivity contribution in [3.05, 3.63) is 29.3 Å². The summed E-state index contributed by atoms with van der Waals surface area (Å²) in [5.74, 6) is 0.492. The topological polar surface area (TPSA) is 49.3 Å². The molecule has 0 saturated heterocycles. The maximum atomic E-state index is 12.0. The summed E-state index contributed by atoms with van der Waals surface area (Å²) in [6, 6.07) is 6.30. The van der Waals surface area contributed by atoms with E-state index in [4.69, 9.17) is 0 Å². The Hall–Kier alpha value is -1.00. The van der Waals surface area contributed by atoms with Crippen molar-refractivity contribution in [1.82, 2.24) is 5.32 Å². The maximum Gasteiger partial charge on any atom is 0.230 e. The van der Waals surface area contributed by atoms with E-state index in [2.05, 4.69) is 37.4 Å². The molecule has 1 aliphatic rings. The van der Waals surface area contributed by atoms with Crippen molar-refractivity contribution in [2.45, 2.75) is 44.4 Å². The second-order valence-corrected chi connectivity index (χ2v) is 7.22. The van der Waals surface area contributed by atoms with Gasteiger partial charge in [-0.1, -0.05) is 30.5 Å². The van der Waals surface area contributed by atoms with Gasteiger partial charge in [-0.3, -0.25) is 4.79 Å². The van der Waals surface area contributed by atoms with Gasteiger partial charge in [-0.05, 0) is 38.3 Å². The van der Waals surface area contributed by atoms with Gasteiger partial charge in [-0.25, -0.2) is 0 Å². The highest BCUT2D eigenvalue weighted by Crippen LogP contribution is 2.36. The van der Waals surface area contributed by atoms with Crippen LogP contribution in [0.4, 0.5) is 0 Å². The largest absolute Gasteiger partial charge is 0.396 e. The fourth-order valence-corrected chi connectivity index (χ4v) is 3.81. The molecule has 1 fully saturated rings. The van der Waals surface area contributed by atoms with Crippen molar-refractivity contribution in [2.24, 2.45) is 5.41 Å². The highest BCUT2D eigenvalue weighted by atomic mass is 32.2. The zero-order valence-corrected chi connectivity index (χ0v) is 13.8. The number of carbonyl (C=O) groups is 1. The molecule has 1 saturated carbocycles. The van der Waals surface area contributed by atoms with Crippen LogP contribution in [-0.4, -0.2) is 29.9 Å². The first-order valence-corrected chi connectivity index (χ1v) is 8.61. The summed E-state index contributed by atoms with van der Waals surface area (Å²) in [4.78, 5) is 13.2. The number of amides is 1. The minimum absolute atomic E-state index is 0.0561. The number of hydrogen-bond acceptors (Lipinski definition) is 3. The second kappa shape index (κ2) is 7.32. The molecule has 1 amide bonds. The van der Waals surface area contributed by atoms with Gasteiger partial charge in [0.25, 0.3) is 0 Å². The van der Waals surface area contributed by atoms with E-state index in [-0.39, 0.29) is 17.9 Å². The van der Waals surface area contributed by atoms with Gasteiger partial charge in [0.1, 0.15) is 0 Å². The molecule has 0 aliphatic heterocycles. The normalized spacial score (nSPS) is 16.9. The van der Waals surface area contributed by atoms with Crippen LogP contribution in [0.1, 0.15) is 36.8 Å². The van der Waals surface area contributed by atoms with Gasteiger partial charge in [0.2, 0.25) is 5.91 Å². The summed E-state index contributed by atoms with van der Waals surface area (Å²) in [6.07, 6.45) is 4.36. The van der Waals surface area contributed by atoms with Crippen LogP contribution in [0.3, 0.4) is 0 Å². The molecular weight excluding hydrogens is 282 g/mol. The van der Waals surface area contributed by atoms with Crippen molar-refractivity contribution < 1.29 is 9.90 Å². The van der Waals surface area contributed by atoms with Crippen LogP contribution in [0.25, 0.3) is 0 Å². The smallest absolute Gasteiger partial charge is 0.230 e. The van der Waals surface area contributed by atoms with E-state index >= 15 is 0 Å². The molecule has 0 radical (unpaired) electrons. The van der Waals surface area contributed by atoms with E-state index in [0.29, 0.717) is 12.3 Å². The average molecular weight is 307 g/mol. The van der Waals surface area contributed by atoms with Gasteiger partial charge in [0.05, 0.1) is 12.4 Å². The molecule has 2 rings (SSSR count). The lowest BCUT2D eigenvalue weighted by Gasteiger charge is -2.26. The molecule has 0 spiro atoms. The number of carbonyl (C=O) groups excluding carboxylic acids is 1. The minimum atomic E-state index is -0.0699. The number of hydrogen-bond donors (Lipinski definition) is 2. The zero-order chi connectivity index (χ0) is 15.3. The standard InChI is InChI=1S/C17H25NO2S/c1-13-5-6-14(2)15(9-13)21-10-16(20)18-11-17(12-19)7-3-4-8-17/h5-6,9,19H,3-4,7-8,10-12H2,1-2H3,(H,18,20). The van der Waals surface area contributed by atoms with Gasteiger partial charge in [-0.15, -0.1) is 11.8 Å². The van der Waals surface area contributed by atoms with Gasteiger partial charge in [-0.2, -0.15) is 0 Å². The Morgan fingerprint density at radius 2 is 2.05 bits per heavy atom. The lowest BCUT2D eigenvalue weighted by Crippen LogP contribution is -2.39. The molecule has 1 aliphatic carbocycles. The Balaban J connectivity index is 1.81. The Morgan fingerprint density at radius 1 is 1.33 bits per heavy atom. The number of aliphatic hydroxyl groups is 1. The molecule has 0 atom stereocenters. The number of benzene rings is 1. The Labute approximate surface area is 131 Å². The van der Waals surface area contributed by atoms with Crippen LogP contribution in [0.15, 0.2) is 23.1 Å². The minimum Gasteiger partial charge on any atom is -0.396 e. The molecule has 2 N–H and O–H groups in total. The van der Waals surface area contributed by atoms with Crippen molar-refractivity contribution in [2.75, 3.05) is 18.9 Å². The van der Waals surface area contributed by atoms with E-state index in [1.165, 1.54) is 16.0 Å². The van der Waals surface area contributed by atoms with Gasteiger partial charge in [0.15, 0.2) is 0 Å². The quantitative estimate of drug-likeness (QED) is 0.794. The summed E-state index contributed by atoms with van der Waals surface area (Å²) in [5.41, 5.74) is 2.36. The summed E-state index contributed by atoms with van der Waals surface area (Å²) in [6.45, 7) is 4.92. The van der Waals surface area contributed by atoms with Crippen molar-refractivity contribution >= 4 is 17.7 Å². The summed E-state index contributed by atoms with van der Waals surface area (Å²) in [7, 11) is 0. The molecule has 1 aromatic rings. The van der Waals surface area contributed by atoms with Crippen LogP contribution in [0.5, 0.6) is 0 Å². The molecule has 21 heavy (non-hydrogen) atoms. The highest BCUT2D eigenvalue weighted by molar-refractivity contribution is 8.00. The van der Waals surface area contributed by atoms with E-state index in [0.717, 1.165) is 25.7 Å². The fraction of sp³-hybridized carbons (Fsp3) is 0.588. The van der Waals surface area contributed by atoms with E-state index in [1.54, 1.807) is 11.8 Å². The predicted molar refractivity (Wildman–Crippen MR) is 87.6 cm³/mol. The third-order valence-corrected chi connectivity index (χ3v) is 5.52. The molecule has 0 heterocycles. The number of nitrogens with one attached hydrogen (secondary N) is 1. The van der Waals surface area contributed by atoms with E-state index in [9.17, 15) is 9.90 Å². The molecule has 0 aromatic heterocycles.